The third kappa shape index (κ3) is 3.41. The van der Waals surface area contributed by atoms with Crippen LogP contribution in [0.15, 0.2) is 80.7 Å². The number of furan rings is 1. The van der Waals surface area contributed by atoms with E-state index in [2.05, 4.69) is 26.5 Å². The molecule has 2 aromatic carbocycles. The van der Waals surface area contributed by atoms with E-state index < -0.39 is 0 Å². The molecule has 4 heteroatoms. The number of nitrogens with zero attached hydrogens (tertiary/aromatic N) is 1. The summed E-state index contributed by atoms with van der Waals surface area (Å²) in [6.07, 6.45) is 1.66. The largest absolute Gasteiger partial charge is 0.455 e. The normalized spacial score (nSPS) is 10.9. The molecule has 3 rings (SSSR count). The Morgan fingerprint density at radius 2 is 1.67 bits per heavy atom. The van der Waals surface area contributed by atoms with Crippen molar-refractivity contribution in [1.82, 2.24) is 0 Å². The van der Waals surface area contributed by atoms with Gasteiger partial charge in [0.05, 0.1) is 11.9 Å². The highest BCUT2D eigenvalue weighted by Gasteiger charge is 2.06. The van der Waals surface area contributed by atoms with Crippen LogP contribution in [0, 0.1) is 0 Å². The van der Waals surface area contributed by atoms with E-state index >= 15 is 0 Å². The minimum atomic E-state index is 0.698. The summed E-state index contributed by atoms with van der Waals surface area (Å²) in [4.78, 5) is 0. The van der Waals surface area contributed by atoms with Gasteiger partial charge in [-0.1, -0.05) is 52.3 Å². The van der Waals surface area contributed by atoms with Crippen LogP contribution in [0.2, 0.25) is 0 Å². The van der Waals surface area contributed by atoms with Crippen LogP contribution in [-0.2, 0) is 0 Å². The lowest BCUT2D eigenvalue weighted by atomic mass is 10.2. The maximum absolute atomic E-state index is 5.77. The summed E-state index contributed by atoms with van der Waals surface area (Å²) in [5.74, 6) is 1.51. The molecule has 0 saturated heterocycles. The van der Waals surface area contributed by atoms with E-state index in [-0.39, 0.29) is 0 Å². The zero-order chi connectivity index (χ0) is 14.5. The molecule has 0 atom stereocenters. The van der Waals surface area contributed by atoms with E-state index in [0.717, 1.165) is 21.5 Å². The molecule has 0 aliphatic carbocycles. The van der Waals surface area contributed by atoms with Crippen LogP contribution in [0.5, 0.6) is 0 Å². The summed E-state index contributed by atoms with van der Waals surface area (Å²) in [5, 5.41) is 4.16. The summed E-state index contributed by atoms with van der Waals surface area (Å²) < 4.78 is 6.77. The Balaban J connectivity index is 1.72. The Morgan fingerprint density at radius 3 is 2.48 bits per heavy atom. The third-order valence-electron chi connectivity index (χ3n) is 2.93. The van der Waals surface area contributed by atoms with Crippen molar-refractivity contribution in [3.63, 3.8) is 0 Å². The Kier molecular flexibility index (Phi) is 4.17. The van der Waals surface area contributed by atoms with Crippen LogP contribution < -0.4 is 5.43 Å². The molecule has 1 heterocycles. The van der Waals surface area contributed by atoms with Crippen molar-refractivity contribution < 1.29 is 4.42 Å². The highest BCUT2D eigenvalue weighted by molar-refractivity contribution is 9.10. The summed E-state index contributed by atoms with van der Waals surface area (Å²) in [5.41, 5.74) is 4.91. The first-order valence-electron chi connectivity index (χ1n) is 6.52. The van der Waals surface area contributed by atoms with E-state index in [4.69, 9.17) is 4.42 Å². The first-order valence-corrected chi connectivity index (χ1v) is 7.31. The Morgan fingerprint density at radius 1 is 0.905 bits per heavy atom. The number of para-hydroxylation sites is 1. The maximum atomic E-state index is 5.77. The topological polar surface area (TPSA) is 37.5 Å². The van der Waals surface area contributed by atoms with Crippen LogP contribution >= 0.6 is 15.9 Å². The Hall–Kier alpha value is -2.33. The Bertz CT molecular complexity index is 750. The number of hydrogen-bond donors (Lipinski definition) is 1. The van der Waals surface area contributed by atoms with Crippen LogP contribution in [0.3, 0.4) is 0 Å². The van der Waals surface area contributed by atoms with E-state index in [1.165, 1.54) is 0 Å². The monoisotopic (exact) mass is 340 g/mol. The average Bonchev–Trinajstić information content (AvgIpc) is 2.97. The predicted octanol–water partition coefficient (Wildman–Crippen LogP) is 5.16. The fraction of sp³-hybridized carbons (Fsp3) is 0. The number of rotatable bonds is 4. The molecule has 0 amide bonds. The molecular formula is C17H13BrN2O. The van der Waals surface area contributed by atoms with Gasteiger partial charge in [0, 0.05) is 10.0 Å². The first kappa shape index (κ1) is 13.6. The standard InChI is InChI=1S/C17H13BrN2O/c18-16-9-5-4-8-15(16)17-11-10-14(21-17)12-19-20-13-6-2-1-3-7-13/h1-12,20H/b19-12-. The molecule has 1 aromatic heterocycles. The van der Waals surface area contributed by atoms with Crippen molar-refractivity contribution >= 4 is 27.8 Å². The number of benzene rings is 2. The molecule has 0 radical (unpaired) electrons. The van der Waals surface area contributed by atoms with Gasteiger partial charge in [-0.25, -0.2) is 0 Å². The van der Waals surface area contributed by atoms with E-state index in [0.29, 0.717) is 5.76 Å². The number of hydrogen-bond acceptors (Lipinski definition) is 3. The fourth-order valence-electron chi connectivity index (χ4n) is 1.91. The molecule has 3 aromatic rings. The quantitative estimate of drug-likeness (QED) is 0.526. The van der Waals surface area contributed by atoms with Crippen molar-refractivity contribution in [2.24, 2.45) is 5.10 Å². The molecule has 0 aliphatic rings. The Labute approximate surface area is 131 Å². The molecule has 0 saturated carbocycles. The number of hydrazone groups is 1. The van der Waals surface area contributed by atoms with Crippen LogP contribution in [0.25, 0.3) is 11.3 Å². The lowest BCUT2D eigenvalue weighted by Crippen LogP contribution is -1.88. The van der Waals surface area contributed by atoms with Gasteiger partial charge in [-0.3, -0.25) is 5.43 Å². The number of halogens is 1. The van der Waals surface area contributed by atoms with Crippen molar-refractivity contribution in [1.29, 1.82) is 0 Å². The van der Waals surface area contributed by atoms with Crippen LogP contribution in [-0.4, -0.2) is 6.21 Å². The zero-order valence-electron chi connectivity index (χ0n) is 11.2. The van der Waals surface area contributed by atoms with Gasteiger partial charge in [-0.05, 0) is 30.3 Å². The van der Waals surface area contributed by atoms with Gasteiger partial charge < -0.3 is 4.42 Å². The highest BCUT2D eigenvalue weighted by Crippen LogP contribution is 2.28. The lowest BCUT2D eigenvalue weighted by Gasteiger charge is -1.99. The van der Waals surface area contributed by atoms with Crippen LogP contribution in [0.1, 0.15) is 5.76 Å². The summed E-state index contributed by atoms with van der Waals surface area (Å²) >= 11 is 3.52. The van der Waals surface area contributed by atoms with Gasteiger partial charge in [0.25, 0.3) is 0 Å². The second-order valence-corrected chi connectivity index (χ2v) is 5.27. The fourth-order valence-corrected chi connectivity index (χ4v) is 2.39. The molecule has 0 fully saturated rings. The minimum Gasteiger partial charge on any atom is -0.455 e. The molecule has 0 bridgehead atoms. The molecule has 0 unspecified atom stereocenters. The number of anilines is 1. The second kappa shape index (κ2) is 6.41. The lowest BCUT2D eigenvalue weighted by molar-refractivity contribution is 0.575. The second-order valence-electron chi connectivity index (χ2n) is 4.42. The van der Waals surface area contributed by atoms with Gasteiger partial charge in [0.1, 0.15) is 11.5 Å². The van der Waals surface area contributed by atoms with E-state index in [9.17, 15) is 0 Å². The molecule has 104 valence electrons. The molecule has 0 spiro atoms. The van der Waals surface area contributed by atoms with Gasteiger partial charge in [-0.2, -0.15) is 5.10 Å². The van der Waals surface area contributed by atoms with Gasteiger partial charge in [0.2, 0.25) is 0 Å². The van der Waals surface area contributed by atoms with Gasteiger partial charge in [0.15, 0.2) is 0 Å². The summed E-state index contributed by atoms with van der Waals surface area (Å²) in [7, 11) is 0. The van der Waals surface area contributed by atoms with E-state index in [1.54, 1.807) is 6.21 Å². The van der Waals surface area contributed by atoms with Crippen molar-refractivity contribution in [3.8, 4) is 11.3 Å². The van der Waals surface area contributed by atoms with E-state index in [1.807, 2.05) is 66.7 Å². The van der Waals surface area contributed by atoms with Gasteiger partial charge >= 0.3 is 0 Å². The summed E-state index contributed by atoms with van der Waals surface area (Å²) in [6, 6.07) is 21.6. The first-order chi connectivity index (χ1) is 10.3. The minimum absolute atomic E-state index is 0.698. The summed E-state index contributed by atoms with van der Waals surface area (Å²) in [6.45, 7) is 0. The predicted molar refractivity (Wildman–Crippen MR) is 89.5 cm³/mol. The van der Waals surface area contributed by atoms with Crippen LogP contribution in [0.4, 0.5) is 5.69 Å². The van der Waals surface area contributed by atoms with Crippen molar-refractivity contribution in [3.05, 3.63) is 77.0 Å². The molecule has 21 heavy (non-hydrogen) atoms. The molecular weight excluding hydrogens is 328 g/mol. The zero-order valence-corrected chi connectivity index (χ0v) is 12.7. The average molecular weight is 341 g/mol. The van der Waals surface area contributed by atoms with Crippen molar-refractivity contribution in [2.75, 3.05) is 5.43 Å². The number of nitrogens with one attached hydrogen (secondary N) is 1. The molecule has 1 N–H and O–H groups in total. The maximum Gasteiger partial charge on any atom is 0.147 e. The van der Waals surface area contributed by atoms with Crippen molar-refractivity contribution in [2.45, 2.75) is 0 Å². The highest BCUT2D eigenvalue weighted by atomic mass is 79.9. The SMILES string of the molecule is Brc1ccccc1-c1ccc(/C=N\Nc2ccccc2)o1. The molecule has 0 aliphatic heterocycles. The smallest absolute Gasteiger partial charge is 0.147 e. The van der Waals surface area contributed by atoms with Gasteiger partial charge in [-0.15, -0.1) is 0 Å². The molecule has 3 nitrogen and oxygen atoms in total. The third-order valence-corrected chi connectivity index (χ3v) is 3.62.